The van der Waals surface area contributed by atoms with Gasteiger partial charge in [-0.1, -0.05) is 13.0 Å². The highest BCUT2D eigenvalue weighted by Gasteiger charge is 2.30. The van der Waals surface area contributed by atoms with Gasteiger partial charge >= 0.3 is 0 Å². The average Bonchev–Trinajstić information content (AvgIpc) is 2.37. The predicted molar refractivity (Wildman–Crippen MR) is 79.2 cm³/mol. The van der Waals surface area contributed by atoms with E-state index in [9.17, 15) is 14.4 Å². The zero-order valence-corrected chi connectivity index (χ0v) is 12.0. The molecule has 0 bridgehead atoms. The molecule has 0 atom stereocenters. The number of nitrogens with zero attached hydrogens (tertiary/aromatic N) is 1. The van der Waals surface area contributed by atoms with Gasteiger partial charge in [-0.15, -0.1) is 0 Å². The third kappa shape index (κ3) is 4.05. The van der Waals surface area contributed by atoms with E-state index in [0.717, 1.165) is 0 Å². The molecule has 1 heterocycles. The van der Waals surface area contributed by atoms with Crippen molar-refractivity contribution in [1.29, 1.82) is 0 Å². The lowest BCUT2D eigenvalue weighted by Crippen LogP contribution is -2.43. The minimum absolute atomic E-state index is 0.0840. The van der Waals surface area contributed by atoms with Crippen molar-refractivity contribution < 1.29 is 14.4 Å². The van der Waals surface area contributed by atoms with E-state index in [4.69, 9.17) is 5.73 Å². The summed E-state index contributed by atoms with van der Waals surface area (Å²) in [6, 6.07) is 6.84. The van der Waals surface area contributed by atoms with Crippen molar-refractivity contribution in [1.82, 2.24) is 4.90 Å². The highest BCUT2D eigenvalue weighted by Crippen LogP contribution is 2.19. The van der Waals surface area contributed by atoms with Gasteiger partial charge in [0.2, 0.25) is 17.7 Å². The van der Waals surface area contributed by atoms with Gasteiger partial charge in [-0.2, -0.15) is 0 Å². The van der Waals surface area contributed by atoms with Crippen LogP contribution in [-0.4, -0.2) is 29.2 Å². The van der Waals surface area contributed by atoms with Crippen LogP contribution in [0.3, 0.4) is 0 Å². The van der Waals surface area contributed by atoms with E-state index < -0.39 is 0 Å². The van der Waals surface area contributed by atoms with Crippen molar-refractivity contribution in [3.8, 4) is 0 Å². The number of carbonyl (C=O) groups excluding carboxylic acids is 3. The topological polar surface area (TPSA) is 92.5 Å². The van der Waals surface area contributed by atoms with E-state index >= 15 is 0 Å². The molecule has 1 aliphatic rings. The quantitative estimate of drug-likeness (QED) is 0.647. The molecule has 112 valence electrons. The van der Waals surface area contributed by atoms with Crippen molar-refractivity contribution in [2.45, 2.75) is 26.2 Å². The molecule has 0 saturated carbocycles. The number of rotatable bonds is 4. The number of anilines is 2. The fourth-order valence-corrected chi connectivity index (χ4v) is 2.33. The second-order valence-electron chi connectivity index (χ2n) is 5.38. The number of hydrogen-bond donors (Lipinski definition) is 2. The Morgan fingerprint density at radius 2 is 2.00 bits per heavy atom. The molecule has 21 heavy (non-hydrogen) atoms. The fraction of sp³-hybridized carbons (Fsp3) is 0.400. The average molecular weight is 289 g/mol. The van der Waals surface area contributed by atoms with Crippen LogP contribution in [0.1, 0.15) is 26.2 Å². The van der Waals surface area contributed by atoms with E-state index in [2.05, 4.69) is 5.32 Å². The SMILES string of the molecule is CC1CC(=O)N(CCC(=O)Nc2cccc(N)c2)C(=O)C1. The van der Waals surface area contributed by atoms with Gasteiger partial charge in [0, 0.05) is 37.2 Å². The van der Waals surface area contributed by atoms with Gasteiger partial charge in [-0.25, -0.2) is 0 Å². The molecular formula is C15H19N3O3. The minimum atomic E-state index is -0.250. The Hall–Kier alpha value is -2.37. The van der Waals surface area contributed by atoms with E-state index in [-0.39, 0.29) is 36.6 Å². The van der Waals surface area contributed by atoms with Crippen LogP contribution in [0.4, 0.5) is 11.4 Å². The van der Waals surface area contributed by atoms with Crippen molar-refractivity contribution in [2.75, 3.05) is 17.6 Å². The van der Waals surface area contributed by atoms with Crippen LogP contribution in [0.2, 0.25) is 0 Å². The molecule has 1 fully saturated rings. The van der Waals surface area contributed by atoms with Gasteiger partial charge in [0.15, 0.2) is 0 Å². The number of benzene rings is 1. The third-order valence-electron chi connectivity index (χ3n) is 3.38. The van der Waals surface area contributed by atoms with Crippen LogP contribution in [-0.2, 0) is 14.4 Å². The first-order valence-electron chi connectivity index (χ1n) is 6.94. The lowest BCUT2D eigenvalue weighted by atomic mass is 9.98. The summed E-state index contributed by atoms with van der Waals surface area (Å²) in [5, 5.41) is 2.69. The number of imide groups is 1. The Bertz CT molecular complexity index is 553. The molecule has 3 N–H and O–H groups in total. The number of nitrogens with one attached hydrogen (secondary N) is 1. The summed E-state index contributed by atoms with van der Waals surface area (Å²) in [6.07, 6.45) is 0.811. The van der Waals surface area contributed by atoms with Gasteiger partial charge in [0.25, 0.3) is 0 Å². The van der Waals surface area contributed by atoms with Crippen LogP contribution in [0.25, 0.3) is 0 Å². The fourth-order valence-electron chi connectivity index (χ4n) is 2.33. The zero-order chi connectivity index (χ0) is 15.4. The first-order chi connectivity index (χ1) is 9.95. The van der Waals surface area contributed by atoms with Crippen molar-refractivity contribution in [3.05, 3.63) is 24.3 Å². The Balaban J connectivity index is 1.86. The van der Waals surface area contributed by atoms with Crippen molar-refractivity contribution in [3.63, 3.8) is 0 Å². The minimum Gasteiger partial charge on any atom is -0.399 e. The smallest absolute Gasteiger partial charge is 0.229 e. The van der Waals surface area contributed by atoms with Crippen LogP contribution in [0.5, 0.6) is 0 Å². The highest BCUT2D eigenvalue weighted by molar-refractivity contribution is 5.98. The van der Waals surface area contributed by atoms with Crippen molar-refractivity contribution >= 4 is 29.1 Å². The number of nitrogens with two attached hydrogens (primary N) is 1. The van der Waals surface area contributed by atoms with Crippen LogP contribution in [0, 0.1) is 5.92 Å². The summed E-state index contributed by atoms with van der Waals surface area (Å²) in [6.45, 7) is 2.00. The lowest BCUT2D eigenvalue weighted by molar-refractivity contribution is -0.149. The van der Waals surface area contributed by atoms with Gasteiger partial charge in [-0.3, -0.25) is 19.3 Å². The highest BCUT2D eigenvalue weighted by atomic mass is 16.2. The largest absolute Gasteiger partial charge is 0.399 e. The first kappa shape index (κ1) is 15.0. The molecule has 0 unspecified atom stereocenters. The molecule has 0 aliphatic carbocycles. The van der Waals surface area contributed by atoms with Crippen LogP contribution >= 0.6 is 0 Å². The number of piperidine rings is 1. The van der Waals surface area contributed by atoms with Crippen molar-refractivity contribution in [2.24, 2.45) is 5.92 Å². The Kier molecular flexibility index (Phi) is 4.57. The molecule has 1 saturated heterocycles. The Morgan fingerprint density at radius 1 is 1.33 bits per heavy atom. The molecule has 0 radical (unpaired) electrons. The number of hydrogen-bond acceptors (Lipinski definition) is 4. The number of likely N-dealkylation sites (tertiary alicyclic amines) is 1. The van der Waals surface area contributed by atoms with E-state index in [1.165, 1.54) is 4.90 Å². The van der Waals surface area contributed by atoms with E-state index in [1.807, 2.05) is 6.92 Å². The number of amides is 3. The van der Waals surface area contributed by atoms with Gasteiger partial charge < -0.3 is 11.1 Å². The summed E-state index contributed by atoms with van der Waals surface area (Å²) in [7, 11) is 0. The maximum atomic E-state index is 11.8. The molecule has 0 aromatic heterocycles. The molecule has 1 aliphatic heterocycles. The van der Waals surface area contributed by atoms with Gasteiger partial charge in [0.05, 0.1) is 0 Å². The normalized spacial score (nSPS) is 16.1. The lowest BCUT2D eigenvalue weighted by Gasteiger charge is -2.28. The molecule has 6 nitrogen and oxygen atoms in total. The van der Waals surface area contributed by atoms with E-state index in [1.54, 1.807) is 24.3 Å². The molecule has 6 heteroatoms. The maximum Gasteiger partial charge on any atom is 0.229 e. The predicted octanol–water partition coefficient (Wildman–Crippen LogP) is 1.38. The standard InChI is InChI=1S/C15H19N3O3/c1-10-7-14(20)18(15(21)8-10)6-5-13(19)17-12-4-2-3-11(16)9-12/h2-4,9-10H,5-8,16H2,1H3,(H,17,19). The molecular weight excluding hydrogens is 270 g/mol. The second kappa shape index (κ2) is 6.39. The maximum absolute atomic E-state index is 11.8. The number of carbonyl (C=O) groups is 3. The monoisotopic (exact) mass is 289 g/mol. The Labute approximate surface area is 123 Å². The Morgan fingerprint density at radius 3 is 2.62 bits per heavy atom. The van der Waals surface area contributed by atoms with Crippen LogP contribution in [0.15, 0.2) is 24.3 Å². The summed E-state index contributed by atoms with van der Waals surface area (Å²) in [5.74, 6) is -0.562. The van der Waals surface area contributed by atoms with E-state index in [0.29, 0.717) is 24.2 Å². The van der Waals surface area contributed by atoms with Crippen LogP contribution < -0.4 is 11.1 Å². The van der Waals surface area contributed by atoms with Gasteiger partial charge in [0.1, 0.15) is 0 Å². The summed E-state index contributed by atoms with van der Waals surface area (Å²) < 4.78 is 0. The molecule has 2 rings (SSSR count). The molecule has 1 aromatic rings. The number of nitrogen functional groups attached to an aromatic ring is 1. The third-order valence-corrected chi connectivity index (χ3v) is 3.38. The summed E-state index contributed by atoms with van der Waals surface area (Å²) in [5.41, 5.74) is 6.79. The summed E-state index contributed by atoms with van der Waals surface area (Å²) >= 11 is 0. The first-order valence-corrected chi connectivity index (χ1v) is 6.94. The summed E-state index contributed by atoms with van der Waals surface area (Å²) in [4.78, 5) is 36.6. The molecule has 3 amide bonds. The second-order valence-corrected chi connectivity index (χ2v) is 5.38. The van der Waals surface area contributed by atoms with Gasteiger partial charge in [-0.05, 0) is 24.1 Å². The molecule has 1 aromatic carbocycles. The molecule has 0 spiro atoms. The zero-order valence-electron chi connectivity index (χ0n) is 12.0.